The van der Waals surface area contributed by atoms with Gasteiger partial charge in [-0.2, -0.15) is 0 Å². The molecular weight excluding hydrogens is 216 g/mol. The van der Waals surface area contributed by atoms with Crippen molar-refractivity contribution in [3.05, 3.63) is 32.8 Å². The molecule has 1 nitrogen and oxygen atoms in total. The summed E-state index contributed by atoms with van der Waals surface area (Å²) in [4.78, 5) is 10.8. The number of fused-ring (bicyclic) bond motifs is 1. The molecule has 1 aromatic heterocycles. The molecule has 14 heavy (non-hydrogen) atoms. The first-order chi connectivity index (χ1) is 6.77. The van der Waals surface area contributed by atoms with Crippen molar-refractivity contribution in [2.75, 3.05) is 0 Å². The van der Waals surface area contributed by atoms with Crippen LogP contribution >= 0.6 is 22.9 Å². The third-order valence-electron chi connectivity index (χ3n) is 2.11. The SMILES string of the molecule is O=C(Cl)Cc1csc2c1=CC=CCC=2. The molecular formula is C11H9ClOS. The number of halogens is 1. The Morgan fingerprint density at radius 1 is 1.57 bits per heavy atom. The molecule has 1 aromatic rings. The maximum atomic E-state index is 10.8. The Labute approximate surface area is 91.0 Å². The summed E-state index contributed by atoms with van der Waals surface area (Å²) in [6.07, 6.45) is 9.62. The fraction of sp³-hybridized carbons (Fsp3) is 0.182. The zero-order chi connectivity index (χ0) is 9.97. The van der Waals surface area contributed by atoms with Crippen LogP contribution in [0.15, 0.2) is 17.5 Å². The number of carbonyl (C=O) groups is 1. The topological polar surface area (TPSA) is 17.1 Å². The molecule has 0 aliphatic heterocycles. The van der Waals surface area contributed by atoms with Gasteiger partial charge in [-0.05, 0) is 34.2 Å². The summed E-state index contributed by atoms with van der Waals surface area (Å²) in [5.41, 5.74) is 1.04. The van der Waals surface area contributed by atoms with E-state index in [1.54, 1.807) is 11.3 Å². The van der Waals surface area contributed by atoms with Crippen LogP contribution in [-0.4, -0.2) is 5.24 Å². The van der Waals surface area contributed by atoms with Gasteiger partial charge in [0.2, 0.25) is 5.24 Å². The minimum Gasteiger partial charge on any atom is -0.281 e. The van der Waals surface area contributed by atoms with Crippen molar-refractivity contribution in [3.63, 3.8) is 0 Å². The summed E-state index contributed by atoms with van der Waals surface area (Å²) in [6, 6.07) is 0. The Kier molecular flexibility index (Phi) is 2.85. The molecule has 0 radical (unpaired) electrons. The van der Waals surface area contributed by atoms with Crippen molar-refractivity contribution in [1.29, 1.82) is 0 Å². The molecule has 1 aliphatic carbocycles. The smallest absolute Gasteiger partial charge is 0.226 e. The molecule has 3 heteroatoms. The second kappa shape index (κ2) is 4.11. The number of allylic oxidation sites excluding steroid dienone is 2. The summed E-state index contributed by atoms with van der Waals surface area (Å²) in [5.74, 6) is 0. The van der Waals surface area contributed by atoms with E-state index in [4.69, 9.17) is 11.6 Å². The fourth-order valence-electron chi connectivity index (χ4n) is 1.47. The van der Waals surface area contributed by atoms with Crippen molar-refractivity contribution in [1.82, 2.24) is 0 Å². The van der Waals surface area contributed by atoms with Gasteiger partial charge in [-0.1, -0.05) is 24.3 Å². The average Bonchev–Trinajstić information content (AvgIpc) is 2.37. The molecule has 0 fully saturated rings. The highest BCUT2D eigenvalue weighted by molar-refractivity contribution is 7.07. The predicted octanol–water partition coefficient (Wildman–Crippen LogP) is 1.58. The van der Waals surface area contributed by atoms with E-state index in [0.29, 0.717) is 6.42 Å². The Bertz CT molecular complexity index is 496. The van der Waals surface area contributed by atoms with Crippen LogP contribution in [-0.2, 0) is 11.2 Å². The second-order valence-corrected chi connectivity index (χ2v) is 4.44. The molecule has 2 rings (SSSR count). The van der Waals surface area contributed by atoms with Gasteiger partial charge in [0, 0.05) is 11.0 Å². The molecule has 0 saturated carbocycles. The third kappa shape index (κ3) is 1.97. The number of rotatable bonds is 2. The zero-order valence-corrected chi connectivity index (χ0v) is 9.07. The van der Waals surface area contributed by atoms with Crippen LogP contribution in [0, 0.1) is 0 Å². The van der Waals surface area contributed by atoms with Crippen LogP contribution in [0.4, 0.5) is 0 Å². The standard InChI is InChI=1S/C11H9ClOS/c12-11(13)6-8-7-14-10-5-3-1-2-4-9(8)10/h1-2,4-5,7H,3,6H2. The lowest BCUT2D eigenvalue weighted by Gasteiger charge is -1.89. The van der Waals surface area contributed by atoms with Crippen molar-refractivity contribution in [3.8, 4) is 0 Å². The van der Waals surface area contributed by atoms with E-state index in [2.05, 4.69) is 12.2 Å². The van der Waals surface area contributed by atoms with E-state index in [9.17, 15) is 4.79 Å². The molecule has 1 heterocycles. The maximum absolute atomic E-state index is 10.8. The summed E-state index contributed by atoms with van der Waals surface area (Å²) in [5, 5.41) is 2.86. The zero-order valence-electron chi connectivity index (χ0n) is 7.50. The van der Waals surface area contributed by atoms with E-state index < -0.39 is 0 Å². The molecule has 1 aliphatic rings. The van der Waals surface area contributed by atoms with Crippen LogP contribution in [0.2, 0.25) is 0 Å². The van der Waals surface area contributed by atoms with Crippen LogP contribution in [0.1, 0.15) is 12.0 Å². The summed E-state index contributed by atoms with van der Waals surface area (Å²) in [6.45, 7) is 0. The quantitative estimate of drug-likeness (QED) is 0.698. The molecule has 0 unspecified atom stereocenters. The Morgan fingerprint density at radius 2 is 2.43 bits per heavy atom. The molecule has 0 amide bonds. The van der Waals surface area contributed by atoms with Gasteiger partial charge in [-0.25, -0.2) is 0 Å². The lowest BCUT2D eigenvalue weighted by Crippen LogP contribution is -2.21. The second-order valence-electron chi connectivity index (χ2n) is 3.11. The number of hydrogen-bond acceptors (Lipinski definition) is 2. The van der Waals surface area contributed by atoms with Gasteiger partial charge in [-0.15, -0.1) is 11.3 Å². The molecule has 0 spiro atoms. The van der Waals surface area contributed by atoms with Crippen molar-refractivity contribution in [2.24, 2.45) is 0 Å². The largest absolute Gasteiger partial charge is 0.281 e. The number of hydrogen-bond donors (Lipinski definition) is 0. The van der Waals surface area contributed by atoms with Crippen molar-refractivity contribution >= 4 is 40.3 Å². The van der Waals surface area contributed by atoms with Gasteiger partial charge in [0.25, 0.3) is 0 Å². The Morgan fingerprint density at radius 3 is 3.21 bits per heavy atom. The van der Waals surface area contributed by atoms with Gasteiger partial charge >= 0.3 is 0 Å². The molecule has 0 N–H and O–H groups in total. The lowest BCUT2D eigenvalue weighted by molar-refractivity contribution is -0.111. The van der Waals surface area contributed by atoms with E-state index in [1.807, 2.05) is 17.5 Å². The van der Waals surface area contributed by atoms with E-state index in [1.165, 1.54) is 4.53 Å². The van der Waals surface area contributed by atoms with E-state index in [-0.39, 0.29) is 5.24 Å². The lowest BCUT2D eigenvalue weighted by atomic mass is 10.2. The Hall–Kier alpha value is -0.860. The normalized spacial score (nSPS) is 13.8. The molecule has 72 valence electrons. The van der Waals surface area contributed by atoms with Crippen LogP contribution in [0.25, 0.3) is 12.2 Å². The summed E-state index contributed by atoms with van der Waals surface area (Å²) < 4.78 is 1.24. The van der Waals surface area contributed by atoms with Crippen LogP contribution in [0.5, 0.6) is 0 Å². The highest BCUT2D eigenvalue weighted by atomic mass is 35.5. The van der Waals surface area contributed by atoms with Crippen LogP contribution in [0.3, 0.4) is 0 Å². The number of thiophene rings is 1. The number of carbonyl (C=O) groups excluding carboxylic acids is 1. The Balaban J connectivity index is 2.55. The fourth-order valence-corrected chi connectivity index (χ4v) is 2.61. The summed E-state index contributed by atoms with van der Waals surface area (Å²) >= 11 is 7.05. The average molecular weight is 225 g/mol. The van der Waals surface area contributed by atoms with Gasteiger partial charge in [0.1, 0.15) is 0 Å². The highest BCUT2D eigenvalue weighted by Gasteiger charge is 2.04. The predicted molar refractivity (Wildman–Crippen MR) is 60.8 cm³/mol. The summed E-state index contributed by atoms with van der Waals surface area (Å²) in [7, 11) is 0. The third-order valence-corrected chi connectivity index (χ3v) is 3.28. The van der Waals surface area contributed by atoms with Gasteiger partial charge in [0.05, 0.1) is 0 Å². The molecule has 0 aromatic carbocycles. The van der Waals surface area contributed by atoms with Gasteiger partial charge in [-0.3, -0.25) is 4.79 Å². The maximum Gasteiger partial charge on any atom is 0.226 e. The molecule has 0 saturated heterocycles. The first-order valence-electron chi connectivity index (χ1n) is 4.39. The van der Waals surface area contributed by atoms with Crippen LogP contribution < -0.4 is 9.75 Å². The monoisotopic (exact) mass is 224 g/mol. The van der Waals surface area contributed by atoms with Crippen molar-refractivity contribution < 1.29 is 4.79 Å². The van der Waals surface area contributed by atoms with Gasteiger partial charge < -0.3 is 0 Å². The van der Waals surface area contributed by atoms with Crippen molar-refractivity contribution in [2.45, 2.75) is 12.8 Å². The minimum atomic E-state index is -0.299. The first-order valence-corrected chi connectivity index (χ1v) is 5.65. The molecule has 0 atom stereocenters. The van der Waals surface area contributed by atoms with E-state index >= 15 is 0 Å². The minimum absolute atomic E-state index is 0.299. The first kappa shape index (κ1) is 9.69. The highest BCUT2D eigenvalue weighted by Crippen LogP contribution is 2.01. The van der Waals surface area contributed by atoms with E-state index in [0.717, 1.165) is 17.2 Å². The molecule has 0 bridgehead atoms. The van der Waals surface area contributed by atoms with Gasteiger partial charge in [0.15, 0.2) is 0 Å².